The van der Waals surface area contributed by atoms with E-state index in [4.69, 9.17) is 16.3 Å². The number of amides is 2. The van der Waals surface area contributed by atoms with Gasteiger partial charge in [-0.05, 0) is 48.7 Å². The van der Waals surface area contributed by atoms with E-state index in [1.54, 1.807) is 0 Å². The first kappa shape index (κ1) is 20.7. The second kappa shape index (κ2) is 9.49. The maximum absolute atomic E-state index is 12.9. The van der Waals surface area contributed by atoms with Crippen molar-refractivity contribution in [3.05, 3.63) is 58.6 Å². The summed E-state index contributed by atoms with van der Waals surface area (Å²) in [6, 6.07) is 13.1. The van der Waals surface area contributed by atoms with Crippen molar-refractivity contribution in [2.45, 2.75) is 19.3 Å². The van der Waals surface area contributed by atoms with Crippen LogP contribution in [0.1, 0.15) is 28.8 Å². The topological polar surface area (TPSA) is 61.9 Å². The zero-order valence-corrected chi connectivity index (χ0v) is 17.7. The third kappa shape index (κ3) is 4.94. The number of fused-ring (bicyclic) bond motifs is 1. The number of ether oxygens (including phenoxy) is 1. The molecule has 2 aromatic carbocycles. The first-order valence-electron chi connectivity index (χ1n) is 10.4. The van der Waals surface area contributed by atoms with E-state index in [-0.39, 0.29) is 11.8 Å². The molecule has 0 bridgehead atoms. The molecule has 1 saturated heterocycles. The van der Waals surface area contributed by atoms with Crippen molar-refractivity contribution in [2.24, 2.45) is 0 Å². The maximum atomic E-state index is 12.9. The number of hydrogen-bond donors (Lipinski definition) is 1. The van der Waals surface area contributed by atoms with Crippen LogP contribution >= 0.6 is 11.6 Å². The highest BCUT2D eigenvalue weighted by atomic mass is 35.5. The van der Waals surface area contributed by atoms with E-state index in [2.05, 4.69) is 10.2 Å². The molecule has 0 spiro atoms. The quantitative estimate of drug-likeness (QED) is 0.717. The number of anilines is 1. The van der Waals surface area contributed by atoms with Gasteiger partial charge in [0.05, 0.1) is 11.6 Å². The van der Waals surface area contributed by atoms with Gasteiger partial charge in [-0.3, -0.25) is 14.5 Å². The van der Waals surface area contributed by atoms with Crippen LogP contribution in [0.15, 0.2) is 42.5 Å². The lowest BCUT2D eigenvalue weighted by Gasteiger charge is -2.35. The standard InChI is InChI=1S/C23H26ClN3O3/c24-19-4-1-2-5-21(19)30-15-3-10-26-11-13-27(14-12-26)23(29)18-6-8-20-17(16-18)7-9-22(28)25-20/h1-2,4-6,8,16H,3,7,9-15H2,(H,25,28). The normalized spacial score (nSPS) is 16.7. The summed E-state index contributed by atoms with van der Waals surface area (Å²) in [7, 11) is 0. The number of rotatable bonds is 6. The first-order valence-corrected chi connectivity index (χ1v) is 10.8. The molecule has 2 amide bonds. The van der Waals surface area contributed by atoms with Gasteiger partial charge >= 0.3 is 0 Å². The Bertz CT molecular complexity index is 926. The van der Waals surface area contributed by atoms with E-state index < -0.39 is 0 Å². The molecular formula is C23H26ClN3O3. The number of nitrogens with one attached hydrogen (secondary N) is 1. The average Bonchev–Trinajstić information content (AvgIpc) is 2.77. The number of benzene rings is 2. The number of hydrogen-bond acceptors (Lipinski definition) is 4. The van der Waals surface area contributed by atoms with Crippen LogP contribution in [-0.4, -0.2) is 60.9 Å². The Morgan fingerprint density at radius 3 is 2.67 bits per heavy atom. The van der Waals surface area contributed by atoms with E-state index in [1.165, 1.54) is 0 Å². The molecule has 1 fully saturated rings. The number of carbonyl (C=O) groups is 2. The highest BCUT2D eigenvalue weighted by Gasteiger charge is 2.23. The summed E-state index contributed by atoms with van der Waals surface area (Å²) in [6.45, 7) is 4.72. The number of nitrogens with zero attached hydrogens (tertiary/aromatic N) is 2. The predicted molar refractivity (Wildman–Crippen MR) is 117 cm³/mol. The van der Waals surface area contributed by atoms with Crippen molar-refractivity contribution in [2.75, 3.05) is 44.6 Å². The van der Waals surface area contributed by atoms with Gasteiger partial charge in [0.25, 0.3) is 5.91 Å². The van der Waals surface area contributed by atoms with Gasteiger partial charge in [-0.1, -0.05) is 23.7 Å². The zero-order chi connectivity index (χ0) is 20.9. The average molecular weight is 428 g/mol. The second-order valence-corrected chi connectivity index (χ2v) is 8.09. The fourth-order valence-electron chi connectivity index (χ4n) is 3.91. The van der Waals surface area contributed by atoms with E-state index in [1.807, 2.05) is 47.4 Å². The highest BCUT2D eigenvalue weighted by molar-refractivity contribution is 6.32. The van der Waals surface area contributed by atoms with Crippen LogP contribution in [0.5, 0.6) is 5.75 Å². The van der Waals surface area contributed by atoms with Crippen LogP contribution < -0.4 is 10.1 Å². The van der Waals surface area contributed by atoms with Crippen molar-refractivity contribution in [3.63, 3.8) is 0 Å². The number of piperazine rings is 1. The van der Waals surface area contributed by atoms with Crippen LogP contribution in [0.3, 0.4) is 0 Å². The fraction of sp³-hybridized carbons (Fsp3) is 0.391. The maximum Gasteiger partial charge on any atom is 0.253 e. The van der Waals surface area contributed by atoms with Crippen molar-refractivity contribution < 1.29 is 14.3 Å². The largest absolute Gasteiger partial charge is 0.492 e. The summed E-state index contributed by atoms with van der Waals surface area (Å²) in [5, 5.41) is 3.49. The van der Waals surface area contributed by atoms with Gasteiger partial charge < -0.3 is 15.0 Å². The predicted octanol–water partition coefficient (Wildman–Crippen LogP) is 3.45. The third-order valence-corrected chi connectivity index (χ3v) is 5.93. The van der Waals surface area contributed by atoms with E-state index in [9.17, 15) is 9.59 Å². The number of halogens is 1. The fourth-order valence-corrected chi connectivity index (χ4v) is 4.10. The molecule has 158 valence electrons. The molecule has 0 aromatic heterocycles. The van der Waals surface area contributed by atoms with Crippen LogP contribution in [0.4, 0.5) is 5.69 Å². The van der Waals surface area contributed by atoms with Gasteiger partial charge in [-0.15, -0.1) is 0 Å². The second-order valence-electron chi connectivity index (χ2n) is 7.69. The molecule has 2 heterocycles. The molecule has 0 unspecified atom stereocenters. The van der Waals surface area contributed by atoms with Crippen LogP contribution in [0.25, 0.3) is 0 Å². The smallest absolute Gasteiger partial charge is 0.253 e. The number of carbonyl (C=O) groups excluding carboxylic acids is 2. The molecule has 30 heavy (non-hydrogen) atoms. The summed E-state index contributed by atoms with van der Waals surface area (Å²) in [6.07, 6.45) is 2.07. The van der Waals surface area contributed by atoms with Crippen LogP contribution in [0.2, 0.25) is 5.02 Å². The minimum atomic E-state index is 0.0370. The molecule has 4 rings (SSSR count). The van der Waals surface area contributed by atoms with Crippen molar-refractivity contribution >= 4 is 29.1 Å². The Balaban J connectivity index is 1.22. The lowest BCUT2D eigenvalue weighted by molar-refractivity contribution is -0.116. The molecular weight excluding hydrogens is 402 g/mol. The lowest BCUT2D eigenvalue weighted by Crippen LogP contribution is -2.49. The van der Waals surface area contributed by atoms with Gasteiger partial charge in [0.15, 0.2) is 0 Å². The Morgan fingerprint density at radius 1 is 1.07 bits per heavy atom. The van der Waals surface area contributed by atoms with Gasteiger partial charge in [-0.25, -0.2) is 0 Å². The summed E-state index contributed by atoms with van der Waals surface area (Å²) in [5.41, 5.74) is 2.57. The molecule has 0 saturated carbocycles. The number of para-hydroxylation sites is 1. The zero-order valence-electron chi connectivity index (χ0n) is 16.9. The molecule has 0 atom stereocenters. The first-order chi connectivity index (χ1) is 14.6. The number of aryl methyl sites for hydroxylation is 1. The molecule has 7 heteroatoms. The van der Waals surface area contributed by atoms with Crippen molar-refractivity contribution in [3.8, 4) is 5.75 Å². The lowest BCUT2D eigenvalue weighted by atomic mass is 10.00. The monoisotopic (exact) mass is 427 g/mol. The summed E-state index contributed by atoms with van der Waals surface area (Å²) < 4.78 is 5.75. The molecule has 6 nitrogen and oxygen atoms in total. The third-order valence-electron chi connectivity index (χ3n) is 5.62. The Kier molecular flexibility index (Phi) is 6.55. The Hall–Kier alpha value is -2.57. The van der Waals surface area contributed by atoms with Gasteiger partial charge in [0.1, 0.15) is 5.75 Å². The molecule has 0 radical (unpaired) electrons. The Labute approximate surface area is 181 Å². The SMILES string of the molecule is O=C1CCc2cc(C(=O)N3CCN(CCCOc4ccccc4Cl)CC3)ccc2N1. The van der Waals surface area contributed by atoms with E-state index >= 15 is 0 Å². The summed E-state index contributed by atoms with van der Waals surface area (Å²) in [4.78, 5) is 28.7. The minimum absolute atomic E-state index is 0.0370. The molecule has 2 aromatic rings. The van der Waals surface area contributed by atoms with Gasteiger partial charge in [0, 0.05) is 50.4 Å². The van der Waals surface area contributed by atoms with Crippen molar-refractivity contribution in [1.29, 1.82) is 0 Å². The van der Waals surface area contributed by atoms with Gasteiger partial charge in [0.2, 0.25) is 5.91 Å². The highest BCUT2D eigenvalue weighted by Crippen LogP contribution is 2.25. The van der Waals surface area contributed by atoms with Crippen molar-refractivity contribution in [1.82, 2.24) is 9.80 Å². The summed E-state index contributed by atoms with van der Waals surface area (Å²) in [5.74, 6) is 0.825. The summed E-state index contributed by atoms with van der Waals surface area (Å²) >= 11 is 6.10. The van der Waals surface area contributed by atoms with E-state index in [0.29, 0.717) is 30.0 Å². The van der Waals surface area contributed by atoms with Crippen LogP contribution in [0, 0.1) is 0 Å². The minimum Gasteiger partial charge on any atom is -0.492 e. The van der Waals surface area contributed by atoms with E-state index in [0.717, 1.165) is 56.1 Å². The van der Waals surface area contributed by atoms with Gasteiger partial charge in [-0.2, -0.15) is 0 Å². The van der Waals surface area contributed by atoms with Crippen LogP contribution in [-0.2, 0) is 11.2 Å². The molecule has 1 N–H and O–H groups in total. The molecule has 0 aliphatic carbocycles. The Morgan fingerprint density at radius 2 is 1.87 bits per heavy atom. The molecule has 2 aliphatic rings. The molecule has 2 aliphatic heterocycles.